The third kappa shape index (κ3) is 6.14. The number of amides is 2. The van der Waals surface area contributed by atoms with Gasteiger partial charge in [0.05, 0.1) is 0 Å². The van der Waals surface area contributed by atoms with Crippen LogP contribution in [-0.4, -0.2) is 53.5 Å². The van der Waals surface area contributed by atoms with Crippen molar-refractivity contribution in [2.24, 2.45) is 5.92 Å². The van der Waals surface area contributed by atoms with Gasteiger partial charge in [-0.25, -0.2) is 9.59 Å². The number of aliphatic hydroxyl groups excluding tert-OH is 1. The van der Waals surface area contributed by atoms with E-state index in [1.165, 1.54) is 0 Å². The quantitative estimate of drug-likeness (QED) is 0.401. The molecule has 3 rings (SSSR count). The van der Waals surface area contributed by atoms with Crippen LogP contribution in [0.5, 0.6) is 0 Å². The molecule has 1 aliphatic rings. The Morgan fingerprint density at radius 1 is 0.882 bits per heavy atom. The molecular formula is C26H32N2O6. The highest BCUT2D eigenvalue weighted by Crippen LogP contribution is 2.44. The molecule has 1 unspecified atom stereocenters. The summed E-state index contributed by atoms with van der Waals surface area (Å²) in [6.45, 7) is 3.72. The summed E-state index contributed by atoms with van der Waals surface area (Å²) in [4.78, 5) is 36.8. The van der Waals surface area contributed by atoms with Gasteiger partial charge in [0.15, 0.2) is 0 Å². The molecule has 0 fully saturated rings. The summed E-state index contributed by atoms with van der Waals surface area (Å²) in [6, 6.07) is 13.8. The van der Waals surface area contributed by atoms with Crippen molar-refractivity contribution in [1.29, 1.82) is 0 Å². The first-order chi connectivity index (χ1) is 16.3. The number of alkyl carbamates (subject to hydrolysis) is 1. The molecule has 2 aromatic rings. The van der Waals surface area contributed by atoms with Crippen LogP contribution in [0.4, 0.5) is 4.79 Å². The number of hydrogen-bond donors (Lipinski definition) is 4. The lowest BCUT2D eigenvalue weighted by Gasteiger charge is -2.22. The Bertz CT molecular complexity index is 976. The maximum Gasteiger partial charge on any atom is 0.407 e. The van der Waals surface area contributed by atoms with Crippen LogP contribution in [0.2, 0.25) is 0 Å². The van der Waals surface area contributed by atoms with Crippen molar-refractivity contribution >= 4 is 18.0 Å². The highest BCUT2D eigenvalue weighted by molar-refractivity contribution is 5.89. The van der Waals surface area contributed by atoms with E-state index < -0.39 is 30.1 Å². The number of hydrogen-bond acceptors (Lipinski definition) is 5. The van der Waals surface area contributed by atoms with Gasteiger partial charge in [-0.15, -0.1) is 0 Å². The predicted molar refractivity (Wildman–Crippen MR) is 127 cm³/mol. The molecule has 4 N–H and O–H groups in total. The number of carbonyl (C=O) groups is 3. The molecule has 1 aliphatic carbocycles. The highest BCUT2D eigenvalue weighted by atomic mass is 16.5. The predicted octanol–water partition coefficient (Wildman–Crippen LogP) is 3.28. The van der Waals surface area contributed by atoms with Crippen LogP contribution in [-0.2, 0) is 14.3 Å². The Labute approximate surface area is 199 Å². The van der Waals surface area contributed by atoms with Gasteiger partial charge in [-0.2, -0.15) is 0 Å². The standard InChI is InChI=1S/C26H32N2O6/c1-16(2)11-12-22(24(30)27-23(13-14-29)25(31)32)28-26(33)34-15-21-19-9-5-3-7-17(19)18-8-4-6-10-20(18)21/h3-10,16,21-23,29H,11-15H2,1-2H3,(H,27,30)(H,28,33)(H,31,32)/t22?,23-/m1/s1. The average Bonchev–Trinajstić information content (AvgIpc) is 3.13. The van der Waals surface area contributed by atoms with Crippen LogP contribution in [0.1, 0.15) is 50.2 Å². The first-order valence-electron chi connectivity index (χ1n) is 11.6. The number of aliphatic carboxylic acids is 1. The van der Waals surface area contributed by atoms with E-state index in [-0.39, 0.29) is 31.5 Å². The average molecular weight is 469 g/mol. The number of carboxylic acid groups (broad SMARTS) is 1. The van der Waals surface area contributed by atoms with Gasteiger partial charge < -0.3 is 25.6 Å². The number of ether oxygens (including phenoxy) is 1. The summed E-state index contributed by atoms with van der Waals surface area (Å²) >= 11 is 0. The van der Waals surface area contributed by atoms with Gasteiger partial charge in [0, 0.05) is 18.9 Å². The first kappa shape index (κ1) is 25.2. The van der Waals surface area contributed by atoms with Gasteiger partial charge in [0.1, 0.15) is 18.7 Å². The molecule has 182 valence electrons. The van der Waals surface area contributed by atoms with Crippen LogP contribution >= 0.6 is 0 Å². The van der Waals surface area contributed by atoms with Gasteiger partial charge in [-0.05, 0) is 41.0 Å². The van der Waals surface area contributed by atoms with E-state index in [0.717, 1.165) is 22.3 Å². The minimum absolute atomic E-state index is 0.109. The number of fused-ring (bicyclic) bond motifs is 3. The van der Waals surface area contributed by atoms with Gasteiger partial charge in [-0.1, -0.05) is 62.4 Å². The van der Waals surface area contributed by atoms with Gasteiger partial charge in [0.2, 0.25) is 5.91 Å². The fourth-order valence-electron chi connectivity index (χ4n) is 4.21. The Hall–Kier alpha value is -3.39. The molecule has 0 saturated heterocycles. The van der Waals surface area contributed by atoms with E-state index >= 15 is 0 Å². The summed E-state index contributed by atoms with van der Waals surface area (Å²) in [5.41, 5.74) is 4.40. The van der Waals surface area contributed by atoms with Crippen molar-refractivity contribution in [3.05, 3.63) is 59.7 Å². The monoisotopic (exact) mass is 468 g/mol. The molecule has 8 nitrogen and oxygen atoms in total. The minimum Gasteiger partial charge on any atom is -0.480 e. The third-order valence-corrected chi connectivity index (χ3v) is 6.02. The largest absolute Gasteiger partial charge is 0.480 e. The molecule has 0 radical (unpaired) electrons. The summed E-state index contributed by atoms with van der Waals surface area (Å²) in [5, 5.41) is 23.3. The second-order valence-corrected chi connectivity index (χ2v) is 8.91. The van der Waals surface area contributed by atoms with E-state index in [4.69, 9.17) is 9.84 Å². The number of carboxylic acids is 1. The molecule has 0 spiro atoms. The molecule has 2 atom stereocenters. The lowest BCUT2D eigenvalue weighted by atomic mass is 9.98. The van der Waals surface area contributed by atoms with Crippen molar-refractivity contribution in [3.8, 4) is 11.1 Å². The zero-order chi connectivity index (χ0) is 24.7. The molecule has 2 amide bonds. The number of aliphatic hydroxyl groups is 1. The topological polar surface area (TPSA) is 125 Å². The van der Waals surface area contributed by atoms with Gasteiger partial charge in [0.25, 0.3) is 0 Å². The van der Waals surface area contributed by atoms with Gasteiger partial charge >= 0.3 is 12.1 Å². The van der Waals surface area contributed by atoms with Crippen LogP contribution in [0.25, 0.3) is 11.1 Å². The smallest absolute Gasteiger partial charge is 0.407 e. The fourth-order valence-corrected chi connectivity index (χ4v) is 4.21. The minimum atomic E-state index is -1.24. The van der Waals surface area contributed by atoms with Crippen molar-refractivity contribution in [2.45, 2.75) is 51.1 Å². The first-order valence-corrected chi connectivity index (χ1v) is 11.6. The summed E-state index contributed by atoms with van der Waals surface area (Å²) in [6.07, 6.45) is 0.126. The number of benzene rings is 2. The van der Waals surface area contributed by atoms with Crippen LogP contribution in [0.3, 0.4) is 0 Å². The molecule has 34 heavy (non-hydrogen) atoms. The zero-order valence-corrected chi connectivity index (χ0v) is 19.5. The second-order valence-electron chi connectivity index (χ2n) is 8.91. The SMILES string of the molecule is CC(C)CCC(NC(=O)OCC1c2ccccc2-c2ccccc21)C(=O)N[C@H](CCO)C(=O)O. The molecule has 0 saturated carbocycles. The van der Waals surface area contributed by atoms with Crippen molar-refractivity contribution in [2.75, 3.05) is 13.2 Å². The van der Waals surface area contributed by atoms with Gasteiger partial charge in [-0.3, -0.25) is 4.79 Å². The van der Waals surface area contributed by atoms with Crippen molar-refractivity contribution in [3.63, 3.8) is 0 Å². The molecule has 8 heteroatoms. The lowest BCUT2D eigenvalue weighted by molar-refractivity contribution is -0.142. The summed E-state index contributed by atoms with van der Waals surface area (Å²) in [7, 11) is 0. The van der Waals surface area contributed by atoms with Crippen LogP contribution in [0.15, 0.2) is 48.5 Å². The molecule has 0 aromatic heterocycles. The summed E-state index contributed by atoms with van der Waals surface area (Å²) in [5.74, 6) is -1.68. The Kier molecular flexibility index (Phi) is 8.65. The molecule has 2 aromatic carbocycles. The molecular weight excluding hydrogens is 436 g/mol. The summed E-state index contributed by atoms with van der Waals surface area (Å²) < 4.78 is 5.54. The Morgan fingerprint density at radius 3 is 2.00 bits per heavy atom. The second kappa shape index (κ2) is 11.7. The number of carbonyl (C=O) groups excluding carboxylic acids is 2. The maximum atomic E-state index is 12.7. The maximum absolute atomic E-state index is 12.7. The van der Waals surface area contributed by atoms with E-state index in [1.807, 2.05) is 62.4 Å². The molecule has 0 aliphatic heterocycles. The number of rotatable bonds is 11. The number of nitrogens with one attached hydrogen (secondary N) is 2. The lowest BCUT2D eigenvalue weighted by Crippen LogP contribution is -2.52. The van der Waals surface area contributed by atoms with Crippen LogP contribution < -0.4 is 10.6 Å². The van der Waals surface area contributed by atoms with E-state index in [9.17, 15) is 19.5 Å². The van der Waals surface area contributed by atoms with E-state index in [1.54, 1.807) is 0 Å². The highest BCUT2D eigenvalue weighted by Gasteiger charge is 2.30. The fraction of sp³-hybridized carbons (Fsp3) is 0.423. The third-order valence-electron chi connectivity index (χ3n) is 6.02. The van der Waals surface area contributed by atoms with Crippen molar-refractivity contribution in [1.82, 2.24) is 10.6 Å². The van der Waals surface area contributed by atoms with Crippen LogP contribution in [0, 0.1) is 5.92 Å². The molecule has 0 bridgehead atoms. The Morgan fingerprint density at radius 2 is 1.47 bits per heavy atom. The normalized spacial score (nSPS) is 14.1. The van der Waals surface area contributed by atoms with Crippen molar-refractivity contribution < 1.29 is 29.3 Å². The van der Waals surface area contributed by atoms with E-state index in [2.05, 4.69) is 10.6 Å². The Balaban J connectivity index is 1.66. The van der Waals surface area contributed by atoms with E-state index in [0.29, 0.717) is 12.8 Å². The zero-order valence-electron chi connectivity index (χ0n) is 19.5. The molecule has 0 heterocycles.